The van der Waals surface area contributed by atoms with Crippen LogP contribution in [-0.2, 0) is 4.79 Å². The van der Waals surface area contributed by atoms with Crippen molar-refractivity contribution < 1.29 is 24.1 Å². The molecular weight excluding hydrogens is 272 g/mol. The zero-order valence-corrected chi connectivity index (χ0v) is 13.1. The van der Waals surface area contributed by atoms with E-state index in [4.69, 9.17) is 19.3 Å². The molecule has 0 fully saturated rings. The van der Waals surface area contributed by atoms with Gasteiger partial charge in [-0.3, -0.25) is 4.79 Å². The SMILES string of the molecule is CCOc1ccc(C(C)CC(=O)O)c(OCC)c1OCC. The third-order valence-corrected chi connectivity index (χ3v) is 3.00. The van der Waals surface area contributed by atoms with Gasteiger partial charge < -0.3 is 19.3 Å². The summed E-state index contributed by atoms with van der Waals surface area (Å²) >= 11 is 0. The summed E-state index contributed by atoms with van der Waals surface area (Å²) in [6.07, 6.45) is 0.0413. The molecule has 0 amide bonds. The first-order chi connectivity index (χ1) is 10.0. The molecule has 0 saturated carbocycles. The zero-order valence-electron chi connectivity index (χ0n) is 13.1. The van der Waals surface area contributed by atoms with Crippen LogP contribution in [0, 0.1) is 0 Å². The second-order valence-electron chi connectivity index (χ2n) is 4.61. The molecule has 1 unspecified atom stereocenters. The van der Waals surface area contributed by atoms with Crippen LogP contribution in [0.4, 0.5) is 0 Å². The van der Waals surface area contributed by atoms with Crippen LogP contribution in [-0.4, -0.2) is 30.9 Å². The zero-order chi connectivity index (χ0) is 15.8. The first kappa shape index (κ1) is 17.1. The molecule has 1 aromatic carbocycles. The number of benzene rings is 1. The molecular formula is C16H24O5. The van der Waals surface area contributed by atoms with Crippen molar-refractivity contribution in [3.8, 4) is 17.2 Å². The molecule has 0 aromatic heterocycles. The normalized spacial score (nSPS) is 11.8. The monoisotopic (exact) mass is 296 g/mol. The summed E-state index contributed by atoms with van der Waals surface area (Å²) in [6.45, 7) is 9.02. The molecule has 118 valence electrons. The average Bonchev–Trinajstić information content (AvgIpc) is 2.42. The smallest absolute Gasteiger partial charge is 0.303 e. The third kappa shape index (κ3) is 4.55. The molecule has 5 nitrogen and oxygen atoms in total. The Kier molecular flexibility index (Phi) is 6.85. The highest BCUT2D eigenvalue weighted by molar-refractivity contribution is 5.69. The van der Waals surface area contributed by atoms with Gasteiger partial charge in [-0.1, -0.05) is 13.0 Å². The Hall–Kier alpha value is -1.91. The molecule has 0 spiro atoms. The summed E-state index contributed by atoms with van der Waals surface area (Å²) in [5.41, 5.74) is 0.825. The molecule has 0 aliphatic heterocycles. The molecule has 1 atom stereocenters. The molecule has 0 heterocycles. The van der Waals surface area contributed by atoms with Crippen LogP contribution in [0.5, 0.6) is 17.2 Å². The maximum atomic E-state index is 10.9. The average molecular weight is 296 g/mol. The van der Waals surface area contributed by atoms with Gasteiger partial charge in [0.05, 0.1) is 26.2 Å². The quantitative estimate of drug-likeness (QED) is 0.756. The van der Waals surface area contributed by atoms with Gasteiger partial charge in [0, 0.05) is 5.56 Å². The van der Waals surface area contributed by atoms with Crippen molar-refractivity contribution in [1.29, 1.82) is 0 Å². The molecule has 1 rings (SSSR count). The van der Waals surface area contributed by atoms with Gasteiger partial charge in [-0.05, 0) is 32.8 Å². The highest BCUT2D eigenvalue weighted by Crippen LogP contribution is 2.43. The lowest BCUT2D eigenvalue weighted by Gasteiger charge is -2.21. The lowest BCUT2D eigenvalue weighted by molar-refractivity contribution is -0.137. The number of carbonyl (C=O) groups is 1. The highest BCUT2D eigenvalue weighted by Gasteiger charge is 2.22. The van der Waals surface area contributed by atoms with E-state index < -0.39 is 5.97 Å². The van der Waals surface area contributed by atoms with Crippen molar-refractivity contribution in [1.82, 2.24) is 0 Å². The Bertz CT molecular complexity index is 470. The van der Waals surface area contributed by atoms with Crippen LogP contribution in [0.25, 0.3) is 0 Å². The second kappa shape index (κ2) is 8.39. The van der Waals surface area contributed by atoms with Gasteiger partial charge in [-0.25, -0.2) is 0 Å². The highest BCUT2D eigenvalue weighted by atomic mass is 16.5. The standard InChI is InChI=1S/C16H24O5/c1-5-19-13-9-8-12(11(4)10-14(17)18)15(20-6-2)16(13)21-7-3/h8-9,11H,5-7,10H2,1-4H3,(H,17,18). The van der Waals surface area contributed by atoms with E-state index in [0.717, 1.165) is 5.56 Å². The summed E-state index contributed by atoms with van der Waals surface area (Å²) in [5, 5.41) is 8.98. The second-order valence-corrected chi connectivity index (χ2v) is 4.61. The van der Waals surface area contributed by atoms with E-state index in [1.165, 1.54) is 0 Å². The number of carboxylic acid groups (broad SMARTS) is 1. The Morgan fingerprint density at radius 1 is 1.05 bits per heavy atom. The number of hydrogen-bond acceptors (Lipinski definition) is 4. The summed E-state index contributed by atoms with van der Waals surface area (Å²) < 4.78 is 17.0. The Balaban J connectivity index is 3.29. The van der Waals surface area contributed by atoms with Crippen molar-refractivity contribution in [3.63, 3.8) is 0 Å². The predicted molar refractivity (Wildman–Crippen MR) is 80.6 cm³/mol. The number of hydrogen-bond donors (Lipinski definition) is 1. The third-order valence-electron chi connectivity index (χ3n) is 3.00. The minimum absolute atomic E-state index is 0.0413. The fourth-order valence-electron chi connectivity index (χ4n) is 2.16. The van der Waals surface area contributed by atoms with Crippen LogP contribution in [0.15, 0.2) is 12.1 Å². The maximum Gasteiger partial charge on any atom is 0.303 e. The van der Waals surface area contributed by atoms with Crippen molar-refractivity contribution in [2.45, 2.75) is 40.0 Å². The number of carboxylic acids is 1. The topological polar surface area (TPSA) is 65.0 Å². The molecule has 1 aromatic rings. The fraction of sp³-hybridized carbons (Fsp3) is 0.562. The van der Waals surface area contributed by atoms with Crippen LogP contribution >= 0.6 is 0 Å². The first-order valence-corrected chi connectivity index (χ1v) is 7.32. The number of aliphatic carboxylic acids is 1. The van der Waals surface area contributed by atoms with Crippen molar-refractivity contribution >= 4 is 5.97 Å². The van der Waals surface area contributed by atoms with Gasteiger partial charge >= 0.3 is 5.97 Å². The first-order valence-electron chi connectivity index (χ1n) is 7.32. The summed E-state index contributed by atoms with van der Waals surface area (Å²) in [5.74, 6) is 0.750. The Morgan fingerprint density at radius 3 is 2.14 bits per heavy atom. The van der Waals surface area contributed by atoms with E-state index in [9.17, 15) is 4.79 Å². The molecule has 5 heteroatoms. The molecule has 0 radical (unpaired) electrons. The lowest BCUT2D eigenvalue weighted by Crippen LogP contribution is -2.08. The van der Waals surface area contributed by atoms with Gasteiger partial charge in [0.25, 0.3) is 0 Å². The molecule has 0 saturated heterocycles. The van der Waals surface area contributed by atoms with Gasteiger partial charge in [-0.2, -0.15) is 0 Å². The molecule has 1 N–H and O–H groups in total. The summed E-state index contributed by atoms with van der Waals surface area (Å²) in [7, 11) is 0. The minimum Gasteiger partial charge on any atom is -0.490 e. The van der Waals surface area contributed by atoms with E-state index in [1.54, 1.807) is 0 Å². The van der Waals surface area contributed by atoms with E-state index in [2.05, 4.69) is 0 Å². The molecule has 0 aliphatic rings. The maximum absolute atomic E-state index is 10.9. The number of rotatable bonds is 9. The van der Waals surface area contributed by atoms with Crippen molar-refractivity contribution in [2.24, 2.45) is 0 Å². The Morgan fingerprint density at radius 2 is 1.62 bits per heavy atom. The van der Waals surface area contributed by atoms with E-state index in [1.807, 2.05) is 39.8 Å². The molecule has 21 heavy (non-hydrogen) atoms. The van der Waals surface area contributed by atoms with Crippen LogP contribution in [0.1, 0.15) is 45.6 Å². The van der Waals surface area contributed by atoms with Crippen LogP contribution in [0.2, 0.25) is 0 Å². The largest absolute Gasteiger partial charge is 0.490 e. The molecule has 0 aliphatic carbocycles. The fourth-order valence-corrected chi connectivity index (χ4v) is 2.16. The van der Waals surface area contributed by atoms with Gasteiger partial charge in [0.2, 0.25) is 5.75 Å². The van der Waals surface area contributed by atoms with Crippen molar-refractivity contribution in [2.75, 3.05) is 19.8 Å². The van der Waals surface area contributed by atoms with Gasteiger partial charge in [-0.15, -0.1) is 0 Å². The van der Waals surface area contributed by atoms with Gasteiger partial charge in [0.1, 0.15) is 0 Å². The van der Waals surface area contributed by atoms with Crippen LogP contribution in [0.3, 0.4) is 0 Å². The summed E-state index contributed by atoms with van der Waals surface area (Å²) in [6, 6.07) is 3.66. The molecule has 0 bridgehead atoms. The summed E-state index contributed by atoms with van der Waals surface area (Å²) in [4.78, 5) is 10.9. The van der Waals surface area contributed by atoms with Gasteiger partial charge in [0.15, 0.2) is 11.5 Å². The van der Waals surface area contributed by atoms with E-state index in [0.29, 0.717) is 37.1 Å². The minimum atomic E-state index is -0.836. The van der Waals surface area contributed by atoms with E-state index in [-0.39, 0.29) is 12.3 Å². The van der Waals surface area contributed by atoms with Crippen LogP contribution < -0.4 is 14.2 Å². The van der Waals surface area contributed by atoms with Crippen molar-refractivity contribution in [3.05, 3.63) is 17.7 Å². The lowest BCUT2D eigenvalue weighted by atomic mass is 9.96. The Labute approximate surface area is 125 Å². The number of ether oxygens (including phenoxy) is 3. The predicted octanol–water partition coefficient (Wildman–Crippen LogP) is 3.46. The van der Waals surface area contributed by atoms with E-state index >= 15 is 0 Å².